The van der Waals surface area contributed by atoms with E-state index in [0.29, 0.717) is 10.0 Å². The Kier molecular flexibility index (Phi) is 4.43. The van der Waals surface area contributed by atoms with Crippen LogP contribution in [0.3, 0.4) is 0 Å². The van der Waals surface area contributed by atoms with Crippen molar-refractivity contribution in [1.29, 1.82) is 0 Å². The van der Waals surface area contributed by atoms with E-state index in [-0.39, 0.29) is 5.82 Å². The summed E-state index contributed by atoms with van der Waals surface area (Å²) >= 11 is 3.29. The highest BCUT2D eigenvalue weighted by molar-refractivity contribution is 9.10. The molecule has 20 heavy (non-hydrogen) atoms. The van der Waals surface area contributed by atoms with Crippen molar-refractivity contribution in [3.63, 3.8) is 0 Å². The van der Waals surface area contributed by atoms with E-state index in [1.807, 2.05) is 12.1 Å². The van der Waals surface area contributed by atoms with Crippen molar-refractivity contribution in [2.24, 2.45) is 0 Å². The monoisotopic (exact) mass is 340 g/mol. The van der Waals surface area contributed by atoms with Crippen LogP contribution in [-0.4, -0.2) is 30.1 Å². The van der Waals surface area contributed by atoms with Crippen LogP contribution in [0, 0.1) is 5.82 Å². The van der Waals surface area contributed by atoms with E-state index < -0.39 is 0 Å². The average molecular weight is 341 g/mol. The first-order valence-corrected chi connectivity index (χ1v) is 8.39. The summed E-state index contributed by atoms with van der Waals surface area (Å²) in [5.41, 5.74) is 1.53. The molecule has 110 valence electrons. The summed E-state index contributed by atoms with van der Waals surface area (Å²) in [5.74, 6) is -0.179. The molecule has 1 heterocycles. The van der Waals surface area contributed by atoms with Gasteiger partial charge in [-0.05, 0) is 46.5 Å². The van der Waals surface area contributed by atoms with Gasteiger partial charge < -0.3 is 5.32 Å². The molecule has 1 saturated heterocycles. The molecule has 2 fully saturated rings. The fraction of sp³-hybridized carbons (Fsp3) is 0.625. The van der Waals surface area contributed by atoms with E-state index in [1.54, 1.807) is 6.07 Å². The van der Waals surface area contributed by atoms with Crippen molar-refractivity contribution in [3.05, 3.63) is 34.1 Å². The van der Waals surface area contributed by atoms with Gasteiger partial charge in [-0.3, -0.25) is 4.90 Å². The zero-order valence-electron chi connectivity index (χ0n) is 11.8. The number of hydrogen-bond acceptors (Lipinski definition) is 2. The third kappa shape index (κ3) is 2.92. The summed E-state index contributed by atoms with van der Waals surface area (Å²) in [5, 5.41) is 3.57. The smallest absolute Gasteiger partial charge is 0.137 e. The van der Waals surface area contributed by atoms with Gasteiger partial charge in [-0.1, -0.05) is 25.3 Å². The zero-order chi connectivity index (χ0) is 14.0. The summed E-state index contributed by atoms with van der Waals surface area (Å²) in [7, 11) is 0. The quantitative estimate of drug-likeness (QED) is 0.883. The minimum atomic E-state index is -0.179. The molecule has 2 aliphatic rings. The zero-order valence-corrected chi connectivity index (χ0v) is 13.4. The molecule has 1 spiro atoms. The molecule has 1 N–H and O–H groups in total. The molecule has 1 aliphatic carbocycles. The normalized spacial score (nSPS) is 23.1. The van der Waals surface area contributed by atoms with Gasteiger partial charge in [0.1, 0.15) is 5.82 Å². The van der Waals surface area contributed by atoms with Gasteiger partial charge in [-0.15, -0.1) is 0 Å². The van der Waals surface area contributed by atoms with Gasteiger partial charge >= 0.3 is 0 Å². The minimum absolute atomic E-state index is 0.179. The van der Waals surface area contributed by atoms with E-state index in [9.17, 15) is 4.39 Å². The summed E-state index contributed by atoms with van der Waals surface area (Å²) in [4.78, 5) is 2.63. The Hall–Kier alpha value is -0.450. The SMILES string of the molecule is Fc1ccc(CN2CCNCC23CCCCC3)cc1Br. The average Bonchev–Trinajstić information content (AvgIpc) is 2.47. The fourth-order valence-electron chi connectivity index (χ4n) is 3.69. The highest BCUT2D eigenvalue weighted by atomic mass is 79.9. The molecule has 1 saturated carbocycles. The van der Waals surface area contributed by atoms with Crippen LogP contribution in [0.15, 0.2) is 22.7 Å². The molecule has 1 aromatic rings. The summed E-state index contributed by atoms with van der Waals surface area (Å²) < 4.78 is 13.9. The lowest BCUT2D eigenvalue weighted by molar-refractivity contribution is 0.0208. The Morgan fingerprint density at radius 3 is 2.80 bits per heavy atom. The van der Waals surface area contributed by atoms with Crippen molar-refractivity contribution >= 4 is 15.9 Å². The second-order valence-corrected chi connectivity index (χ2v) is 6.99. The van der Waals surface area contributed by atoms with Crippen LogP contribution in [0.4, 0.5) is 4.39 Å². The summed E-state index contributed by atoms with van der Waals surface area (Å²) in [6.07, 6.45) is 6.64. The van der Waals surface area contributed by atoms with Gasteiger partial charge in [0.05, 0.1) is 4.47 Å². The van der Waals surface area contributed by atoms with Gasteiger partial charge in [-0.2, -0.15) is 0 Å². The number of halogens is 2. The molecule has 2 nitrogen and oxygen atoms in total. The number of benzene rings is 1. The van der Waals surface area contributed by atoms with E-state index in [2.05, 4.69) is 26.1 Å². The second-order valence-electron chi connectivity index (χ2n) is 6.13. The highest BCUT2D eigenvalue weighted by Gasteiger charge is 2.39. The van der Waals surface area contributed by atoms with Crippen molar-refractivity contribution in [2.45, 2.75) is 44.2 Å². The molecule has 4 heteroatoms. The van der Waals surface area contributed by atoms with Gasteiger partial charge in [0, 0.05) is 31.7 Å². The molecular weight excluding hydrogens is 319 g/mol. The van der Waals surface area contributed by atoms with Crippen LogP contribution in [0.1, 0.15) is 37.7 Å². The minimum Gasteiger partial charge on any atom is -0.314 e. The third-order valence-corrected chi connectivity index (χ3v) is 5.43. The summed E-state index contributed by atoms with van der Waals surface area (Å²) in [6.45, 7) is 4.19. The Morgan fingerprint density at radius 1 is 1.25 bits per heavy atom. The van der Waals surface area contributed by atoms with Crippen LogP contribution < -0.4 is 5.32 Å². The molecule has 1 aromatic carbocycles. The molecule has 0 aromatic heterocycles. The molecule has 0 unspecified atom stereocenters. The predicted octanol–water partition coefficient (Wildman–Crippen LogP) is 3.70. The van der Waals surface area contributed by atoms with Crippen LogP contribution in [0.2, 0.25) is 0 Å². The van der Waals surface area contributed by atoms with E-state index in [4.69, 9.17) is 0 Å². The fourth-order valence-corrected chi connectivity index (χ4v) is 4.12. The Balaban J connectivity index is 1.77. The molecule has 1 aliphatic heterocycles. The maximum absolute atomic E-state index is 13.4. The lowest BCUT2D eigenvalue weighted by atomic mass is 9.79. The number of hydrogen-bond donors (Lipinski definition) is 1. The van der Waals surface area contributed by atoms with Crippen molar-refractivity contribution < 1.29 is 4.39 Å². The second kappa shape index (κ2) is 6.12. The number of rotatable bonds is 2. The number of nitrogens with one attached hydrogen (secondary N) is 1. The van der Waals surface area contributed by atoms with Crippen LogP contribution in [0.5, 0.6) is 0 Å². The van der Waals surface area contributed by atoms with Crippen molar-refractivity contribution in [1.82, 2.24) is 10.2 Å². The van der Waals surface area contributed by atoms with Gasteiger partial charge in [0.15, 0.2) is 0 Å². The van der Waals surface area contributed by atoms with Crippen molar-refractivity contribution in [3.8, 4) is 0 Å². The standard InChI is InChI=1S/C16H22BrFN2/c17-14-10-13(4-5-15(14)18)11-20-9-8-19-12-16(20)6-2-1-3-7-16/h4-5,10,19H,1-3,6-9,11-12H2. The lowest BCUT2D eigenvalue weighted by Gasteiger charge is -2.50. The first-order valence-electron chi connectivity index (χ1n) is 7.59. The highest BCUT2D eigenvalue weighted by Crippen LogP contribution is 2.35. The molecule has 0 radical (unpaired) electrons. The van der Waals surface area contributed by atoms with Gasteiger partial charge in [0.25, 0.3) is 0 Å². The van der Waals surface area contributed by atoms with Crippen LogP contribution in [-0.2, 0) is 6.54 Å². The van der Waals surface area contributed by atoms with Crippen LogP contribution in [0.25, 0.3) is 0 Å². The predicted molar refractivity (Wildman–Crippen MR) is 83.2 cm³/mol. The first kappa shape index (κ1) is 14.5. The first-order chi connectivity index (χ1) is 9.70. The summed E-state index contributed by atoms with van der Waals surface area (Å²) in [6, 6.07) is 5.40. The Bertz CT molecular complexity index is 463. The van der Waals surface area contributed by atoms with Gasteiger partial charge in [0.2, 0.25) is 0 Å². The molecule has 3 rings (SSSR count). The Labute approximate surface area is 128 Å². The molecular formula is C16H22BrFN2. The van der Waals surface area contributed by atoms with Gasteiger partial charge in [-0.25, -0.2) is 4.39 Å². The Morgan fingerprint density at radius 2 is 2.05 bits per heavy atom. The molecule has 0 atom stereocenters. The van der Waals surface area contributed by atoms with E-state index in [0.717, 1.165) is 26.2 Å². The number of nitrogens with zero attached hydrogens (tertiary/aromatic N) is 1. The topological polar surface area (TPSA) is 15.3 Å². The maximum Gasteiger partial charge on any atom is 0.137 e. The van der Waals surface area contributed by atoms with E-state index in [1.165, 1.54) is 37.7 Å². The largest absolute Gasteiger partial charge is 0.314 e. The maximum atomic E-state index is 13.4. The molecule has 0 amide bonds. The van der Waals surface area contributed by atoms with Crippen molar-refractivity contribution in [2.75, 3.05) is 19.6 Å². The molecule has 0 bridgehead atoms. The lowest BCUT2D eigenvalue weighted by Crippen LogP contribution is -2.61. The van der Waals surface area contributed by atoms with Crippen LogP contribution >= 0.6 is 15.9 Å². The number of piperazine rings is 1. The third-order valence-electron chi connectivity index (χ3n) is 4.83. The van der Waals surface area contributed by atoms with E-state index >= 15 is 0 Å².